The standard InChI is InChI=1S/C16H19N3O2.BrH/c1-11-10-14(13-6-4-3-5-7-13)18-19(16(11)17)12(2)8-9-15(20)21;/h3-7,10,12,17H,8-9H2,1-2H3,(H,20,21);1H. The van der Waals surface area contributed by atoms with Crippen LogP contribution in [0.4, 0.5) is 5.82 Å². The Bertz CT molecular complexity index is 647. The lowest BCUT2D eigenvalue weighted by atomic mass is 10.1. The summed E-state index contributed by atoms with van der Waals surface area (Å²) in [4.78, 5) is 10.7. The predicted molar refractivity (Wildman–Crippen MR) is 80.6 cm³/mol. The molecular weight excluding hydrogens is 346 g/mol. The Kier molecular flexibility index (Phi) is 6.49. The molecule has 0 saturated heterocycles. The second kappa shape index (κ2) is 7.89. The van der Waals surface area contributed by atoms with Crippen LogP contribution in [-0.2, 0) is 4.79 Å². The SMILES string of the molecule is Cc1cc(-c2ccccc2)n[n+](C(C)CCC(=O)O)c1N.[Br-]. The lowest BCUT2D eigenvalue weighted by Gasteiger charge is -2.12. The van der Waals surface area contributed by atoms with Crippen molar-refractivity contribution in [2.24, 2.45) is 0 Å². The van der Waals surface area contributed by atoms with Gasteiger partial charge in [-0.1, -0.05) is 35.4 Å². The maximum absolute atomic E-state index is 10.7. The Labute approximate surface area is 140 Å². The monoisotopic (exact) mass is 365 g/mol. The molecule has 0 aliphatic heterocycles. The van der Waals surface area contributed by atoms with Gasteiger partial charge in [0.05, 0.1) is 0 Å². The highest BCUT2D eigenvalue weighted by atomic mass is 79.9. The molecule has 0 saturated carbocycles. The van der Waals surface area contributed by atoms with Crippen molar-refractivity contribution in [1.29, 1.82) is 0 Å². The fourth-order valence-corrected chi connectivity index (χ4v) is 2.20. The van der Waals surface area contributed by atoms with E-state index < -0.39 is 5.97 Å². The summed E-state index contributed by atoms with van der Waals surface area (Å²) in [6.45, 7) is 3.87. The zero-order valence-corrected chi connectivity index (χ0v) is 14.2. The molecule has 5 nitrogen and oxygen atoms in total. The lowest BCUT2D eigenvalue weighted by Crippen LogP contribution is -3.00. The number of hydrogen-bond donors (Lipinski definition) is 2. The quantitative estimate of drug-likeness (QED) is 0.690. The van der Waals surface area contributed by atoms with E-state index in [2.05, 4.69) is 5.10 Å². The maximum Gasteiger partial charge on any atom is 0.303 e. The maximum atomic E-state index is 10.7. The zero-order chi connectivity index (χ0) is 15.4. The molecule has 0 fully saturated rings. The van der Waals surface area contributed by atoms with Crippen LogP contribution in [0.25, 0.3) is 11.3 Å². The number of nitrogens with zero attached hydrogens (tertiary/aromatic N) is 2. The van der Waals surface area contributed by atoms with Gasteiger partial charge in [0.25, 0.3) is 5.82 Å². The average molecular weight is 366 g/mol. The number of benzene rings is 1. The first-order valence-corrected chi connectivity index (χ1v) is 6.95. The second-order valence-electron chi connectivity index (χ2n) is 5.19. The fourth-order valence-electron chi connectivity index (χ4n) is 2.20. The van der Waals surface area contributed by atoms with Crippen LogP contribution in [-0.4, -0.2) is 16.2 Å². The Morgan fingerprint density at radius 3 is 2.59 bits per heavy atom. The van der Waals surface area contributed by atoms with E-state index in [-0.39, 0.29) is 29.4 Å². The van der Waals surface area contributed by atoms with Crippen molar-refractivity contribution in [3.63, 3.8) is 0 Å². The van der Waals surface area contributed by atoms with Crippen LogP contribution in [0.15, 0.2) is 36.4 Å². The summed E-state index contributed by atoms with van der Waals surface area (Å²) >= 11 is 0. The molecule has 0 aliphatic rings. The number of halogens is 1. The molecule has 3 N–H and O–H groups in total. The molecule has 118 valence electrons. The van der Waals surface area contributed by atoms with Gasteiger partial charge in [-0.15, -0.1) is 4.68 Å². The summed E-state index contributed by atoms with van der Waals surface area (Å²) in [5.74, 6) is -0.232. The number of nitrogens with two attached hydrogens (primary N) is 1. The molecule has 2 aromatic rings. The first-order chi connectivity index (χ1) is 9.99. The van der Waals surface area contributed by atoms with Crippen LogP contribution >= 0.6 is 0 Å². The van der Waals surface area contributed by atoms with Crippen molar-refractivity contribution < 1.29 is 31.6 Å². The van der Waals surface area contributed by atoms with Gasteiger partial charge >= 0.3 is 5.97 Å². The first kappa shape index (κ1) is 18.1. The smallest absolute Gasteiger partial charge is 0.303 e. The van der Waals surface area contributed by atoms with Crippen molar-refractivity contribution in [3.8, 4) is 11.3 Å². The third kappa shape index (κ3) is 4.27. The Hall–Kier alpha value is -1.95. The Balaban J connectivity index is 0.00000242. The van der Waals surface area contributed by atoms with Crippen molar-refractivity contribution >= 4 is 11.8 Å². The van der Waals surface area contributed by atoms with Crippen LogP contribution in [0, 0.1) is 6.92 Å². The average Bonchev–Trinajstić information content (AvgIpc) is 2.48. The number of carboxylic acid groups (broad SMARTS) is 1. The summed E-state index contributed by atoms with van der Waals surface area (Å²) < 4.78 is 1.72. The van der Waals surface area contributed by atoms with E-state index in [0.29, 0.717) is 12.2 Å². The number of nitrogen functional groups attached to an aromatic ring is 1. The molecule has 0 spiro atoms. The molecule has 0 aliphatic carbocycles. The predicted octanol–water partition coefficient (Wildman–Crippen LogP) is -0.643. The van der Waals surface area contributed by atoms with E-state index in [4.69, 9.17) is 10.8 Å². The number of aromatic nitrogens is 2. The van der Waals surface area contributed by atoms with Crippen molar-refractivity contribution in [2.75, 3.05) is 5.73 Å². The molecule has 1 unspecified atom stereocenters. The molecular formula is C16H20BrN3O2. The van der Waals surface area contributed by atoms with Crippen LogP contribution < -0.4 is 27.4 Å². The molecule has 1 aromatic heterocycles. The molecule has 6 heteroatoms. The van der Waals surface area contributed by atoms with Gasteiger partial charge in [0, 0.05) is 24.0 Å². The Morgan fingerprint density at radius 2 is 2.00 bits per heavy atom. The third-order valence-corrected chi connectivity index (χ3v) is 3.48. The van der Waals surface area contributed by atoms with Gasteiger partial charge in [-0.2, -0.15) is 0 Å². The zero-order valence-electron chi connectivity index (χ0n) is 12.7. The van der Waals surface area contributed by atoms with Gasteiger partial charge in [0.1, 0.15) is 11.7 Å². The number of aliphatic carboxylic acids is 1. The minimum atomic E-state index is -0.808. The fraction of sp³-hybridized carbons (Fsp3) is 0.312. The summed E-state index contributed by atoms with van der Waals surface area (Å²) in [5, 5.41) is 13.4. The van der Waals surface area contributed by atoms with E-state index in [0.717, 1.165) is 16.8 Å². The summed E-state index contributed by atoms with van der Waals surface area (Å²) in [6, 6.07) is 11.7. The minimum Gasteiger partial charge on any atom is -1.00 e. The highest BCUT2D eigenvalue weighted by molar-refractivity contribution is 5.66. The molecule has 1 heterocycles. The molecule has 1 aromatic carbocycles. The number of anilines is 1. The van der Waals surface area contributed by atoms with Gasteiger partial charge in [-0.25, -0.2) is 0 Å². The van der Waals surface area contributed by atoms with E-state index in [9.17, 15) is 4.79 Å². The van der Waals surface area contributed by atoms with Crippen molar-refractivity contribution in [3.05, 3.63) is 42.0 Å². The number of rotatable bonds is 5. The minimum absolute atomic E-state index is 0. The van der Waals surface area contributed by atoms with E-state index in [1.54, 1.807) is 4.68 Å². The number of aryl methyl sites for hydroxylation is 1. The largest absolute Gasteiger partial charge is 1.00 e. The van der Waals surface area contributed by atoms with Crippen molar-refractivity contribution in [1.82, 2.24) is 5.10 Å². The van der Waals surface area contributed by atoms with Gasteiger partial charge < -0.3 is 22.1 Å². The summed E-state index contributed by atoms with van der Waals surface area (Å²) in [7, 11) is 0. The summed E-state index contributed by atoms with van der Waals surface area (Å²) in [6.07, 6.45) is 0.596. The number of carbonyl (C=O) groups is 1. The molecule has 0 bridgehead atoms. The van der Waals surface area contributed by atoms with Gasteiger partial charge in [-0.3, -0.25) is 10.5 Å². The van der Waals surface area contributed by atoms with Gasteiger partial charge in [0.15, 0.2) is 0 Å². The molecule has 22 heavy (non-hydrogen) atoms. The van der Waals surface area contributed by atoms with E-state index in [1.807, 2.05) is 50.2 Å². The normalized spacial score (nSPS) is 11.5. The molecule has 2 rings (SSSR count). The molecule has 1 atom stereocenters. The van der Waals surface area contributed by atoms with Crippen LogP contribution in [0.1, 0.15) is 31.4 Å². The topological polar surface area (TPSA) is 80.1 Å². The van der Waals surface area contributed by atoms with Crippen LogP contribution in [0.3, 0.4) is 0 Å². The highest BCUT2D eigenvalue weighted by Crippen LogP contribution is 2.19. The van der Waals surface area contributed by atoms with Gasteiger partial charge in [-0.05, 0) is 19.9 Å². The van der Waals surface area contributed by atoms with E-state index >= 15 is 0 Å². The molecule has 0 radical (unpaired) electrons. The van der Waals surface area contributed by atoms with Gasteiger partial charge in [0.2, 0.25) is 0 Å². The first-order valence-electron chi connectivity index (χ1n) is 6.95. The third-order valence-electron chi connectivity index (χ3n) is 3.48. The lowest BCUT2D eigenvalue weighted by molar-refractivity contribution is -0.761. The van der Waals surface area contributed by atoms with E-state index in [1.165, 1.54) is 0 Å². The van der Waals surface area contributed by atoms with Crippen LogP contribution in [0.5, 0.6) is 0 Å². The van der Waals surface area contributed by atoms with Crippen molar-refractivity contribution in [2.45, 2.75) is 32.7 Å². The highest BCUT2D eigenvalue weighted by Gasteiger charge is 2.20. The number of carboxylic acids is 1. The molecule has 0 amide bonds. The number of hydrogen-bond acceptors (Lipinski definition) is 3. The second-order valence-corrected chi connectivity index (χ2v) is 5.19. The Morgan fingerprint density at radius 1 is 1.36 bits per heavy atom. The summed E-state index contributed by atoms with van der Waals surface area (Å²) in [5.41, 5.74) is 8.88. The van der Waals surface area contributed by atoms with Crippen LogP contribution in [0.2, 0.25) is 0 Å².